The maximum atomic E-state index is 13.2. The van der Waals surface area contributed by atoms with Gasteiger partial charge in [-0.05, 0) is 24.6 Å². The maximum Gasteiger partial charge on any atom is 0.212 e. The van der Waals surface area contributed by atoms with Gasteiger partial charge in [-0.2, -0.15) is 5.10 Å². The van der Waals surface area contributed by atoms with E-state index in [1.807, 2.05) is 6.92 Å². The highest BCUT2D eigenvalue weighted by Gasteiger charge is 2.13. The molecule has 2 heterocycles. The number of rotatable bonds is 1. The van der Waals surface area contributed by atoms with Gasteiger partial charge in [0.15, 0.2) is 11.6 Å². The molecule has 0 saturated carbocycles. The molecule has 0 amide bonds. The zero-order chi connectivity index (χ0) is 12.0. The fraction of sp³-hybridized carbons (Fsp3) is 0.0909. The van der Waals surface area contributed by atoms with Crippen LogP contribution in [0.2, 0.25) is 0 Å². The summed E-state index contributed by atoms with van der Waals surface area (Å²) in [5.74, 6) is -1.69. The predicted octanol–water partition coefficient (Wildman–Crippen LogP) is 3.04. The molecule has 0 aliphatic rings. The van der Waals surface area contributed by atoms with Crippen molar-refractivity contribution in [3.63, 3.8) is 0 Å². The van der Waals surface area contributed by atoms with Crippen molar-refractivity contribution in [2.45, 2.75) is 6.92 Å². The highest BCUT2D eigenvalue weighted by Crippen LogP contribution is 2.32. The van der Waals surface area contributed by atoms with Crippen molar-refractivity contribution in [1.29, 1.82) is 0 Å². The number of hydrogen-bond acceptors (Lipinski definition) is 3. The Morgan fingerprint density at radius 1 is 1.24 bits per heavy atom. The summed E-state index contributed by atoms with van der Waals surface area (Å²) >= 11 is 1.40. The Labute approximate surface area is 99.4 Å². The fourth-order valence-electron chi connectivity index (χ4n) is 1.70. The third kappa shape index (κ3) is 1.52. The van der Waals surface area contributed by atoms with Crippen LogP contribution in [0.4, 0.5) is 8.78 Å². The zero-order valence-electron chi connectivity index (χ0n) is 8.82. The van der Waals surface area contributed by atoms with Crippen molar-refractivity contribution in [2.24, 2.45) is 0 Å². The van der Waals surface area contributed by atoms with Crippen molar-refractivity contribution >= 4 is 16.3 Å². The molecule has 3 rings (SSSR count). The Kier molecular flexibility index (Phi) is 2.19. The molecule has 0 aliphatic carbocycles. The van der Waals surface area contributed by atoms with Crippen LogP contribution in [0.15, 0.2) is 24.5 Å². The van der Waals surface area contributed by atoms with Gasteiger partial charge in [-0.25, -0.2) is 18.3 Å². The first-order valence-corrected chi connectivity index (χ1v) is 5.73. The van der Waals surface area contributed by atoms with Gasteiger partial charge in [0.05, 0.1) is 10.6 Å². The summed E-state index contributed by atoms with van der Waals surface area (Å²) in [5.41, 5.74) is 1.51. The SMILES string of the molecule is Cc1c(-c2ccc(F)c(F)c2)sc2ncnn12. The second kappa shape index (κ2) is 3.59. The molecule has 0 radical (unpaired) electrons. The molecule has 0 bridgehead atoms. The monoisotopic (exact) mass is 251 g/mol. The second-order valence-corrected chi connectivity index (χ2v) is 4.58. The Balaban J connectivity index is 2.22. The quantitative estimate of drug-likeness (QED) is 0.665. The van der Waals surface area contributed by atoms with E-state index in [0.29, 0.717) is 5.56 Å². The van der Waals surface area contributed by atoms with Crippen molar-refractivity contribution in [1.82, 2.24) is 14.6 Å². The summed E-state index contributed by atoms with van der Waals surface area (Å²) < 4.78 is 27.7. The van der Waals surface area contributed by atoms with E-state index in [1.165, 1.54) is 23.7 Å². The molecule has 86 valence electrons. The standard InChI is InChI=1S/C11H7F2N3S/c1-6-10(17-11-14-5-15-16(6)11)7-2-3-8(12)9(13)4-7/h2-5H,1H3. The van der Waals surface area contributed by atoms with E-state index in [9.17, 15) is 8.78 Å². The molecule has 0 aliphatic heterocycles. The van der Waals surface area contributed by atoms with E-state index >= 15 is 0 Å². The van der Waals surface area contributed by atoms with Gasteiger partial charge < -0.3 is 0 Å². The van der Waals surface area contributed by atoms with Crippen LogP contribution in [0.25, 0.3) is 15.4 Å². The molecular formula is C11H7F2N3S. The van der Waals surface area contributed by atoms with Crippen molar-refractivity contribution in [3.8, 4) is 10.4 Å². The van der Waals surface area contributed by atoms with Crippen LogP contribution in [0.3, 0.4) is 0 Å². The van der Waals surface area contributed by atoms with Crippen molar-refractivity contribution in [2.75, 3.05) is 0 Å². The third-order valence-corrected chi connectivity index (χ3v) is 3.73. The van der Waals surface area contributed by atoms with Gasteiger partial charge in [-0.3, -0.25) is 0 Å². The molecule has 17 heavy (non-hydrogen) atoms. The summed E-state index contributed by atoms with van der Waals surface area (Å²) in [6, 6.07) is 3.87. The minimum atomic E-state index is -0.846. The highest BCUT2D eigenvalue weighted by molar-refractivity contribution is 7.20. The summed E-state index contributed by atoms with van der Waals surface area (Å²) in [6.07, 6.45) is 1.47. The first-order chi connectivity index (χ1) is 8.16. The third-order valence-electron chi connectivity index (χ3n) is 2.54. The maximum absolute atomic E-state index is 13.2. The number of aryl methyl sites for hydroxylation is 1. The first-order valence-electron chi connectivity index (χ1n) is 4.91. The summed E-state index contributed by atoms with van der Waals surface area (Å²) in [6.45, 7) is 1.87. The molecule has 0 atom stereocenters. The van der Waals surface area contributed by atoms with Gasteiger partial charge >= 0.3 is 0 Å². The zero-order valence-corrected chi connectivity index (χ0v) is 9.63. The van der Waals surface area contributed by atoms with Crippen LogP contribution in [0.1, 0.15) is 5.69 Å². The molecule has 6 heteroatoms. The Bertz CT molecular complexity index is 702. The van der Waals surface area contributed by atoms with Crippen LogP contribution in [-0.2, 0) is 0 Å². The molecule has 0 N–H and O–H groups in total. The van der Waals surface area contributed by atoms with Gasteiger partial charge in [0.25, 0.3) is 0 Å². The topological polar surface area (TPSA) is 30.2 Å². The lowest BCUT2D eigenvalue weighted by Crippen LogP contribution is -1.89. The minimum Gasteiger partial charge on any atom is -0.208 e. The Morgan fingerprint density at radius 3 is 2.76 bits per heavy atom. The van der Waals surface area contributed by atoms with E-state index < -0.39 is 11.6 Å². The van der Waals surface area contributed by atoms with Crippen LogP contribution in [0.5, 0.6) is 0 Å². The molecule has 1 aromatic carbocycles. The highest BCUT2D eigenvalue weighted by atomic mass is 32.1. The predicted molar refractivity (Wildman–Crippen MR) is 61.0 cm³/mol. The summed E-state index contributed by atoms with van der Waals surface area (Å²) in [5, 5.41) is 4.05. The van der Waals surface area contributed by atoms with E-state index in [0.717, 1.165) is 21.6 Å². The van der Waals surface area contributed by atoms with E-state index in [4.69, 9.17) is 0 Å². The minimum absolute atomic E-state index is 0.638. The second-order valence-electron chi connectivity index (χ2n) is 3.60. The summed E-state index contributed by atoms with van der Waals surface area (Å²) in [7, 11) is 0. The molecule has 0 spiro atoms. The van der Waals surface area contributed by atoms with Crippen LogP contribution in [-0.4, -0.2) is 14.6 Å². The average Bonchev–Trinajstić information content (AvgIpc) is 2.86. The number of thiazole rings is 1. The number of hydrogen-bond donors (Lipinski definition) is 0. The molecule has 2 aromatic heterocycles. The fourth-order valence-corrected chi connectivity index (χ4v) is 2.73. The van der Waals surface area contributed by atoms with Gasteiger partial charge in [-0.1, -0.05) is 17.4 Å². The Morgan fingerprint density at radius 2 is 2.06 bits per heavy atom. The normalized spacial score (nSPS) is 11.2. The number of aromatic nitrogens is 3. The van der Waals surface area contributed by atoms with Crippen LogP contribution >= 0.6 is 11.3 Å². The van der Waals surface area contributed by atoms with Crippen LogP contribution in [0, 0.1) is 18.6 Å². The van der Waals surface area contributed by atoms with Gasteiger partial charge in [-0.15, -0.1) is 0 Å². The summed E-state index contributed by atoms with van der Waals surface area (Å²) in [4.78, 5) is 5.65. The van der Waals surface area contributed by atoms with E-state index in [1.54, 1.807) is 10.6 Å². The molecule has 0 unspecified atom stereocenters. The van der Waals surface area contributed by atoms with Gasteiger partial charge in [0.1, 0.15) is 6.33 Å². The Hall–Kier alpha value is -1.82. The van der Waals surface area contributed by atoms with Crippen LogP contribution < -0.4 is 0 Å². The number of halogens is 2. The number of fused-ring (bicyclic) bond motifs is 1. The van der Waals surface area contributed by atoms with Crippen molar-refractivity contribution in [3.05, 3.63) is 41.9 Å². The van der Waals surface area contributed by atoms with Gasteiger partial charge in [0, 0.05) is 0 Å². The van der Waals surface area contributed by atoms with E-state index in [2.05, 4.69) is 10.1 Å². The smallest absolute Gasteiger partial charge is 0.208 e. The number of nitrogens with zero attached hydrogens (tertiary/aromatic N) is 3. The molecule has 3 nitrogen and oxygen atoms in total. The average molecular weight is 251 g/mol. The number of benzene rings is 1. The first kappa shape index (κ1) is 10.3. The van der Waals surface area contributed by atoms with Crippen molar-refractivity contribution < 1.29 is 8.78 Å². The molecule has 0 saturated heterocycles. The lowest BCUT2D eigenvalue weighted by atomic mass is 10.1. The molecule has 0 fully saturated rings. The largest absolute Gasteiger partial charge is 0.212 e. The van der Waals surface area contributed by atoms with Gasteiger partial charge in [0.2, 0.25) is 4.96 Å². The molecule has 3 aromatic rings. The lowest BCUT2D eigenvalue weighted by Gasteiger charge is -2.00. The molecular weight excluding hydrogens is 244 g/mol. The lowest BCUT2D eigenvalue weighted by molar-refractivity contribution is 0.509. The van der Waals surface area contributed by atoms with E-state index in [-0.39, 0.29) is 0 Å².